The molecule has 0 amide bonds. The number of fused-ring (bicyclic) bond motifs is 1. The van der Waals surface area contributed by atoms with E-state index < -0.39 is 0 Å². The summed E-state index contributed by atoms with van der Waals surface area (Å²) in [4.78, 5) is 8.11. The number of methoxy groups -OCH3 is 2. The molecule has 3 fully saturated rings. The zero-order chi connectivity index (χ0) is 18.1. The predicted octanol–water partition coefficient (Wildman–Crippen LogP) is 3.61. The molecule has 2 aliphatic carbocycles. The average Bonchev–Trinajstić information content (AvgIpc) is 3.44. The normalized spacial score (nSPS) is 30.3. The van der Waals surface area contributed by atoms with Crippen LogP contribution in [0.5, 0.6) is 11.5 Å². The molecule has 0 aromatic heterocycles. The summed E-state index contributed by atoms with van der Waals surface area (Å²) in [6.07, 6.45) is 6.92. The lowest BCUT2D eigenvalue weighted by Crippen LogP contribution is -2.46. The fraction of sp³-hybridized carbons (Fsp3) is 0.667. The van der Waals surface area contributed by atoms with Gasteiger partial charge in [-0.3, -0.25) is 0 Å². The van der Waals surface area contributed by atoms with Gasteiger partial charge >= 0.3 is 0 Å². The summed E-state index contributed by atoms with van der Waals surface area (Å²) in [6.45, 7) is 1.92. The van der Waals surface area contributed by atoms with E-state index in [1.165, 1.54) is 30.5 Å². The molecule has 1 aromatic carbocycles. The van der Waals surface area contributed by atoms with E-state index in [1.54, 1.807) is 14.2 Å². The molecule has 0 bridgehead atoms. The molecule has 1 aromatic rings. The maximum Gasteiger partial charge on any atom is 0.161 e. The molecule has 26 heavy (non-hydrogen) atoms. The van der Waals surface area contributed by atoms with Gasteiger partial charge in [0, 0.05) is 17.9 Å². The molecule has 0 N–H and O–H groups in total. The molecule has 5 heteroatoms. The monoisotopic (exact) mass is 358 g/mol. The Kier molecular flexibility index (Phi) is 4.82. The van der Waals surface area contributed by atoms with Crippen molar-refractivity contribution < 1.29 is 14.3 Å². The first-order chi connectivity index (χ1) is 12.7. The Morgan fingerprint density at radius 1 is 1.15 bits per heavy atom. The van der Waals surface area contributed by atoms with E-state index in [4.69, 9.17) is 14.3 Å². The van der Waals surface area contributed by atoms with Gasteiger partial charge in [0.15, 0.2) is 11.5 Å². The molecule has 0 radical (unpaired) electrons. The molecular weight excluding hydrogens is 328 g/mol. The second-order valence-electron chi connectivity index (χ2n) is 8.07. The van der Waals surface area contributed by atoms with Gasteiger partial charge in [-0.05, 0) is 69.3 Å². The standard InChI is InChI=1S/C21H30N2O3/c1-23-11-10-21(16-6-7-18(24-2)19(12-16)25-3)9-8-17(13-20(21)23)22-26-14-15-4-5-15/h6-7,12,15,20H,4-5,8-11,13-14H2,1-3H3/t20-,21-/m0/s1. The SMILES string of the molecule is COc1ccc([C@@]23CCC(=NOCC4CC4)C[C@@H]2N(C)CC3)cc1OC. The zero-order valence-corrected chi connectivity index (χ0v) is 16.2. The van der Waals surface area contributed by atoms with Gasteiger partial charge in [-0.2, -0.15) is 0 Å². The highest BCUT2D eigenvalue weighted by Crippen LogP contribution is 2.49. The van der Waals surface area contributed by atoms with Crippen molar-refractivity contribution >= 4 is 5.71 Å². The summed E-state index contributed by atoms with van der Waals surface area (Å²) in [7, 11) is 5.63. The minimum absolute atomic E-state index is 0.170. The van der Waals surface area contributed by atoms with Crippen LogP contribution in [0, 0.1) is 5.92 Å². The third-order valence-electron chi connectivity index (χ3n) is 6.53. The molecule has 2 saturated carbocycles. The third kappa shape index (κ3) is 3.18. The second-order valence-corrected chi connectivity index (χ2v) is 8.07. The van der Waals surface area contributed by atoms with Crippen LogP contribution in [0.15, 0.2) is 23.4 Å². The highest BCUT2D eigenvalue weighted by atomic mass is 16.6. The number of likely N-dealkylation sites (tertiary alicyclic amines) is 1. The smallest absolute Gasteiger partial charge is 0.161 e. The molecule has 2 atom stereocenters. The summed E-state index contributed by atoms with van der Waals surface area (Å²) < 4.78 is 11.0. The Hall–Kier alpha value is -1.75. The average molecular weight is 358 g/mol. The lowest BCUT2D eigenvalue weighted by atomic mass is 9.65. The fourth-order valence-electron chi connectivity index (χ4n) is 4.68. The van der Waals surface area contributed by atoms with E-state index in [0.717, 1.165) is 49.8 Å². The van der Waals surface area contributed by atoms with Crippen molar-refractivity contribution in [2.75, 3.05) is 34.4 Å². The Labute approximate surface area is 156 Å². The Bertz CT molecular complexity index is 686. The van der Waals surface area contributed by atoms with E-state index in [2.05, 4.69) is 29.2 Å². The first-order valence-corrected chi connectivity index (χ1v) is 9.77. The summed E-state index contributed by atoms with van der Waals surface area (Å²) >= 11 is 0. The van der Waals surface area contributed by atoms with Crippen molar-refractivity contribution in [3.05, 3.63) is 23.8 Å². The summed E-state index contributed by atoms with van der Waals surface area (Å²) in [6, 6.07) is 6.91. The molecule has 4 rings (SSSR count). The van der Waals surface area contributed by atoms with Crippen molar-refractivity contribution in [3.63, 3.8) is 0 Å². The summed E-state index contributed by atoms with van der Waals surface area (Å²) in [5.74, 6) is 2.37. The van der Waals surface area contributed by atoms with Crippen LogP contribution >= 0.6 is 0 Å². The summed E-state index contributed by atoms with van der Waals surface area (Å²) in [5, 5.41) is 4.49. The largest absolute Gasteiger partial charge is 0.493 e. The first-order valence-electron chi connectivity index (χ1n) is 9.77. The number of benzene rings is 1. The Morgan fingerprint density at radius 3 is 2.69 bits per heavy atom. The molecule has 1 aliphatic heterocycles. The molecule has 5 nitrogen and oxygen atoms in total. The van der Waals surface area contributed by atoms with E-state index in [-0.39, 0.29) is 5.41 Å². The lowest BCUT2D eigenvalue weighted by molar-refractivity contribution is 0.129. The highest BCUT2D eigenvalue weighted by Gasteiger charge is 2.50. The number of nitrogens with zero attached hydrogens (tertiary/aromatic N) is 2. The molecule has 142 valence electrons. The van der Waals surface area contributed by atoms with Crippen molar-refractivity contribution in [2.24, 2.45) is 11.1 Å². The highest BCUT2D eigenvalue weighted by molar-refractivity contribution is 5.86. The van der Waals surface area contributed by atoms with Crippen molar-refractivity contribution in [2.45, 2.75) is 50.0 Å². The van der Waals surface area contributed by atoms with Crippen LogP contribution in [-0.2, 0) is 10.3 Å². The number of hydrogen-bond acceptors (Lipinski definition) is 5. The molecule has 1 heterocycles. The molecule has 1 saturated heterocycles. The van der Waals surface area contributed by atoms with E-state index in [9.17, 15) is 0 Å². The fourth-order valence-corrected chi connectivity index (χ4v) is 4.68. The van der Waals surface area contributed by atoms with Gasteiger partial charge < -0.3 is 19.2 Å². The molecule has 3 aliphatic rings. The third-order valence-corrected chi connectivity index (χ3v) is 6.53. The molecule has 0 unspecified atom stereocenters. The van der Waals surface area contributed by atoms with Crippen LogP contribution in [0.2, 0.25) is 0 Å². The van der Waals surface area contributed by atoms with Crippen LogP contribution < -0.4 is 9.47 Å². The number of ether oxygens (including phenoxy) is 2. The topological polar surface area (TPSA) is 43.3 Å². The van der Waals surface area contributed by atoms with Crippen LogP contribution in [-0.4, -0.2) is 51.1 Å². The predicted molar refractivity (Wildman–Crippen MR) is 102 cm³/mol. The van der Waals surface area contributed by atoms with E-state index in [1.807, 2.05) is 6.07 Å². The number of rotatable bonds is 6. The van der Waals surface area contributed by atoms with Crippen LogP contribution in [0.3, 0.4) is 0 Å². The second kappa shape index (κ2) is 7.10. The van der Waals surface area contributed by atoms with Crippen molar-refractivity contribution in [3.8, 4) is 11.5 Å². The maximum absolute atomic E-state index is 5.62. The van der Waals surface area contributed by atoms with Crippen LogP contribution in [0.4, 0.5) is 0 Å². The minimum Gasteiger partial charge on any atom is -0.493 e. The minimum atomic E-state index is 0.170. The quantitative estimate of drug-likeness (QED) is 0.729. The number of likely N-dealkylation sites (N-methyl/N-ethyl adjacent to an activating group) is 1. The van der Waals surface area contributed by atoms with Gasteiger partial charge in [0.1, 0.15) is 6.61 Å². The van der Waals surface area contributed by atoms with Gasteiger partial charge in [-0.1, -0.05) is 11.2 Å². The van der Waals surface area contributed by atoms with Gasteiger partial charge in [-0.15, -0.1) is 0 Å². The van der Waals surface area contributed by atoms with Gasteiger partial charge in [0.05, 0.1) is 19.9 Å². The van der Waals surface area contributed by atoms with Gasteiger partial charge in [-0.25, -0.2) is 0 Å². The number of oxime groups is 1. The van der Waals surface area contributed by atoms with Crippen molar-refractivity contribution in [1.29, 1.82) is 0 Å². The van der Waals surface area contributed by atoms with Gasteiger partial charge in [0.25, 0.3) is 0 Å². The molecule has 0 spiro atoms. The van der Waals surface area contributed by atoms with Crippen LogP contribution in [0.1, 0.15) is 44.1 Å². The number of hydrogen-bond donors (Lipinski definition) is 0. The van der Waals surface area contributed by atoms with Crippen LogP contribution in [0.25, 0.3) is 0 Å². The zero-order valence-electron chi connectivity index (χ0n) is 16.2. The van der Waals surface area contributed by atoms with Crippen molar-refractivity contribution in [1.82, 2.24) is 4.90 Å². The lowest BCUT2D eigenvalue weighted by Gasteiger charge is -2.42. The van der Waals surface area contributed by atoms with E-state index in [0.29, 0.717) is 6.04 Å². The Morgan fingerprint density at radius 2 is 1.96 bits per heavy atom. The van der Waals surface area contributed by atoms with Gasteiger partial charge in [0.2, 0.25) is 0 Å². The molecular formula is C21H30N2O3. The Balaban J connectivity index is 1.56. The summed E-state index contributed by atoms with van der Waals surface area (Å²) in [5.41, 5.74) is 2.76. The first kappa shape index (κ1) is 17.7. The van der Waals surface area contributed by atoms with E-state index >= 15 is 0 Å². The maximum atomic E-state index is 5.62.